The van der Waals surface area contributed by atoms with E-state index in [1.165, 1.54) is 14.6 Å². The molecule has 1 N–H and O–H groups in total. The van der Waals surface area contributed by atoms with Crippen LogP contribution in [0.5, 0.6) is 0 Å². The summed E-state index contributed by atoms with van der Waals surface area (Å²) in [5.41, 5.74) is 2.83. The summed E-state index contributed by atoms with van der Waals surface area (Å²) < 4.78 is 6.41. The molecule has 1 amide bonds. The molecule has 0 unspecified atom stereocenters. The van der Waals surface area contributed by atoms with Gasteiger partial charge in [-0.3, -0.25) is 4.79 Å². The Morgan fingerprint density at radius 1 is 1.27 bits per heavy atom. The smallest absolute Gasteiger partial charge is 0.227 e. The minimum absolute atomic E-state index is 0.165. The first kappa shape index (κ1) is 17.2. The maximum atomic E-state index is 12.6. The minimum Gasteiger partial charge on any atom is -0.361 e. The number of hydrogen-bond acceptors (Lipinski definition) is 5. The Labute approximate surface area is 156 Å². The number of rotatable bonds is 4. The van der Waals surface area contributed by atoms with Crippen molar-refractivity contribution in [3.05, 3.63) is 46.3 Å². The average Bonchev–Trinajstić information content (AvgIpc) is 3.19. The number of fused-ring (bicyclic) bond motifs is 1. The van der Waals surface area contributed by atoms with Crippen LogP contribution in [-0.2, 0) is 17.8 Å². The second-order valence-electron chi connectivity index (χ2n) is 6.86. The highest BCUT2D eigenvalue weighted by atomic mass is 32.1. The lowest BCUT2D eigenvalue weighted by Crippen LogP contribution is -3.13. The van der Waals surface area contributed by atoms with E-state index in [-0.39, 0.29) is 5.91 Å². The van der Waals surface area contributed by atoms with Gasteiger partial charge < -0.3 is 14.3 Å². The molecule has 0 saturated carbocycles. The zero-order valence-corrected chi connectivity index (χ0v) is 15.9. The van der Waals surface area contributed by atoms with Gasteiger partial charge in [0.15, 0.2) is 0 Å². The molecule has 2 aromatic heterocycles. The second kappa shape index (κ2) is 7.17. The SMILES string of the molecule is Cc1noc(C)c1CC(=O)N1CC[NH+](Cc2nc3ccccc3s2)CC1. The van der Waals surface area contributed by atoms with Gasteiger partial charge in [-0.15, -0.1) is 11.3 Å². The van der Waals surface area contributed by atoms with Gasteiger partial charge >= 0.3 is 0 Å². The summed E-state index contributed by atoms with van der Waals surface area (Å²) in [7, 11) is 0. The third-order valence-electron chi connectivity index (χ3n) is 5.07. The first-order chi connectivity index (χ1) is 12.6. The van der Waals surface area contributed by atoms with E-state index in [0.29, 0.717) is 6.42 Å². The third-order valence-corrected chi connectivity index (χ3v) is 6.11. The monoisotopic (exact) mass is 371 g/mol. The van der Waals surface area contributed by atoms with Gasteiger partial charge in [0, 0.05) is 5.56 Å². The highest BCUT2D eigenvalue weighted by Gasteiger charge is 2.26. The van der Waals surface area contributed by atoms with Gasteiger partial charge in [-0.1, -0.05) is 17.3 Å². The van der Waals surface area contributed by atoms with E-state index < -0.39 is 0 Å². The molecule has 1 aromatic carbocycles. The van der Waals surface area contributed by atoms with E-state index in [9.17, 15) is 4.79 Å². The van der Waals surface area contributed by atoms with Gasteiger partial charge in [0.25, 0.3) is 0 Å². The van der Waals surface area contributed by atoms with Crippen LogP contribution in [0.1, 0.15) is 22.0 Å². The van der Waals surface area contributed by atoms with Crippen LogP contribution in [0.25, 0.3) is 10.2 Å². The molecular weight excluding hydrogens is 348 g/mol. The summed E-state index contributed by atoms with van der Waals surface area (Å²) >= 11 is 1.77. The van der Waals surface area contributed by atoms with Crippen LogP contribution in [0.3, 0.4) is 0 Å². The van der Waals surface area contributed by atoms with E-state index >= 15 is 0 Å². The zero-order valence-electron chi connectivity index (χ0n) is 15.1. The quantitative estimate of drug-likeness (QED) is 0.752. The number of carbonyl (C=O) groups is 1. The molecule has 26 heavy (non-hydrogen) atoms. The number of aryl methyl sites for hydroxylation is 2. The minimum atomic E-state index is 0.165. The Kier molecular flexibility index (Phi) is 4.74. The summed E-state index contributed by atoms with van der Waals surface area (Å²) in [5.74, 6) is 0.911. The third kappa shape index (κ3) is 3.50. The molecule has 3 aromatic rings. The lowest BCUT2D eigenvalue weighted by molar-refractivity contribution is -0.917. The van der Waals surface area contributed by atoms with E-state index in [2.05, 4.69) is 23.4 Å². The highest BCUT2D eigenvalue weighted by Crippen LogP contribution is 2.20. The molecule has 3 heterocycles. The van der Waals surface area contributed by atoms with Crippen molar-refractivity contribution in [2.75, 3.05) is 26.2 Å². The van der Waals surface area contributed by atoms with Crippen molar-refractivity contribution in [1.29, 1.82) is 0 Å². The van der Waals surface area contributed by atoms with Crippen LogP contribution in [0, 0.1) is 13.8 Å². The number of piperazine rings is 1. The van der Waals surface area contributed by atoms with Crippen LogP contribution in [0.15, 0.2) is 28.8 Å². The maximum Gasteiger partial charge on any atom is 0.227 e. The van der Waals surface area contributed by atoms with Crippen LogP contribution in [0.2, 0.25) is 0 Å². The molecule has 1 aliphatic heterocycles. The fourth-order valence-electron chi connectivity index (χ4n) is 3.48. The molecule has 0 spiro atoms. The summed E-state index contributed by atoms with van der Waals surface area (Å²) in [6.07, 6.45) is 0.383. The first-order valence-electron chi connectivity index (χ1n) is 8.97. The first-order valence-corrected chi connectivity index (χ1v) is 9.79. The maximum absolute atomic E-state index is 12.6. The fourth-order valence-corrected chi connectivity index (χ4v) is 4.51. The second-order valence-corrected chi connectivity index (χ2v) is 7.98. The topological polar surface area (TPSA) is 63.7 Å². The predicted molar refractivity (Wildman–Crippen MR) is 100 cm³/mol. The molecule has 0 bridgehead atoms. The number of nitrogens with zero attached hydrogens (tertiary/aromatic N) is 3. The van der Waals surface area contributed by atoms with Gasteiger partial charge in [-0.05, 0) is 26.0 Å². The van der Waals surface area contributed by atoms with E-state index in [1.54, 1.807) is 11.3 Å². The van der Waals surface area contributed by atoms with E-state index in [0.717, 1.165) is 55.3 Å². The number of nitrogens with one attached hydrogen (secondary N) is 1. The van der Waals surface area contributed by atoms with Gasteiger partial charge in [0.1, 0.15) is 17.3 Å². The molecule has 1 aliphatic rings. The molecule has 1 fully saturated rings. The number of hydrogen-bond donors (Lipinski definition) is 1. The summed E-state index contributed by atoms with van der Waals surface area (Å²) in [6.45, 7) is 8.20. The largest absolute Gasteiger partial charge is 0.361 e. The zero-order chi connectivity index (χ0) is 18.1. The molecule has 136 valence electrons. The van der Waals surface area contributed by atoms with Crippen molar-refractivity contribution in [1.82, 2.24) is 15.0 Å². The summed E-state index contributed by atoms with van der Waals surface area (Å²) in [6, 6.07) is 8.27. The Balaban J connectivity index is 1.33. The molecule has 1 saturated heterocycles. The van der Waals surface area contributed by atoms with Crippen molar-refractivity contribution in [3.63, 3.8) is 0 Å². The van der Waals surface area contributed by atoms with Gasteiger partial charge in [0.2, 0.25) is 5.91 Å². The van der Waals surface area contributed by atoms with Crippen molar-refractivity contribution in [2.45, 2.75) is 26.8 Å². The van der Waals surface area contributed by atoms with Gasteiger partial charge in [0.05, 0.1) is 48.5 Å². The number of quaternary nitrogens is 1. The molecule has 4 rings (SSSR count). The lowest BCUT2D eigenvalue weighted by Gasteiger charge is -2.31. The Hall–Kier alpha value is -2.25. The number of aromatic nitrogens is 2. The number of carbonyl (C=O) groups excluding carboxylic acids is 1. The Morgan fingerprint density at radius 2 is 2.04 bits per heavy atom. The number of benzene rings is 1. The summed E-state index contributed by atoms with van der Waals surface area (Å²) in [4.78, 5) is 20.8. The van der Waals surface area contributed by atoms with Crippen LogP contribution < -0.4 is 4.90 Å². The van der Waals surface area contributed by atoms with E-state index in [1.807, 2.05) is 24.8 Å². The molecule has 7 heteroatoms. The lowest BCUT2D eigenvalue weighted by atomic mass is 10.1. The average molecular weight is 371 g/mol. The Bertz CT molecular complexity index is 872. The Morgan fingerprint density at radius 3 is 2.73 bits per heavy atom. The molecule has 0 atom stereocenters. The normalized spacial score (nSPS) is 15.7. The highest BCUT2D eigenvalue weighted by molar-refractivity contribution is 7.18. The van der Waals surface area contributed by atoms with Crippen LogP contribution in [0.4, 0.5) is 0 Å². The van der Waals surface area contributed by atoms with Crippen molar-refractivity contribution < 1.29 is 14.2 Å². The van der Waals surface area contributed by atoms with Crippen molar-refractivity contribution in [3.8, 4) is 0 Å². The van der Waals surface area contributed by atoms with Gasteiger partial charge in [-0.25, -0.2) is 4.98 Å². The molecule has 0 aliphatic carbocycles. The van der Waals surface area contributed by atoms with Crippen molar-refractivity contribution in [2.24, 2.45) is 0 Å². The number of thiazole rings is 1. The van der Waals surface area contributed by atoms with E-state index in [4.69, 9.17) is 9.51 Å². The predicted octanol–water partition coefficient (Wildman–Crippen LogP) is 1.37. The fraction of sp³-hybridized carbons (Fsp3) is 0.421. The number of amides is 1. The summed E-state index contributed by atoms with van der Waals surface area (Å²) in [5, 5.41) is 5.11. The number of para-hydroxylation sites is 1. The molecule has 0 radical (unpaired) electrons. The molecular formula is C19H23N4O2S+. The van der Waals surface area contributed by atoms with Crippen molar-refractivity contribution >= 4 is 27.5 Å². The van der Waals surface area contributed by atoms with Crippen LogP contribution in [-0.4, -0.2) is 47.1 Å². The molecule has 6 nitrogen and oxygen atoms in total. The van der Waals surface area contributed by atoms with Crippen LogP contribution >= 0.6 is 11.3 Å². The van der Waals surface area contributed by atoms with Gasteiger partial charge in [-0.2, -0.15) is 0 Å². The standard InChI is InChI=1S/C19H22N4O2S/c1-13-15(14(2)25-21-13)11-19(24)23-9-7-22(8-10-23)12-18-20-16-5-3-4-6-17(16)26-18/h3-6H,7-12H2,1-2H3/p+1.